The minimum Gasteiger partial charge on any atom is -0.307 e. The molecular formula is C30H26ClFN2O. The molecule has 35 heavy (non-hydrogen) atoms. The highest BCUT2D eigenvalue weighted by molar-refractivity contribution is 6.30. The molecule has 0 unspecified atom stereocenters. The molecule has 2 aliphatic rings. The number of carbonyl (C=O) groups excluding carboxylic acids is 1. The van der Waals surface area contributed by atoms with Crippen molar-refractivity contribution in [2.75, 3.05) is 24.5 Å². The third-order valence-corrected chi connectivity index (χ3v) is 7.87. The molecule has 176 valence electrons. The maximum atomic E-state index is 14.4. The molecule has 2 heterocycles. The number of benzene rings is 4. The summed E-state index contributed by atoms with van der Waals surface area (Å²) >= 11 is 6.17. The summed E-state index contributed by atoms with van der Waals surface area (Å²) in [4.78, 5) is 18.0. The number of piperidine rings is 1. The third kappa shape index (κ3) is 4.11. The molecule has 0 N–H and O–H groups in total. The van der Waals surface area contributed by atoms with Crippen LogP contribution >= 0.6 is 11.6 Å². The highest BCUT2D eigenvalue weighted by Crippen LogP contribution is 2.48. The number of hydrogen-bond acceptors (Lipinski definition) is 2. The van der Waals surface area contributed by atoms with E-state index in [1.165, 1.54) is 11.6 Å². The number of halogens is 2. The minimum absolute atomic E-state index is 0.0261. The smallest absolute Gasteiger partial charge is 0.258 e. The zero-order valence-corrected chi connectivity index (χ0v) is 20.1. The van der Waals surface area contributed by atoms with Crippen LogP contribution in [-0.4, -0.2) is 30.4 Å². The van der Waals surface area contributed by atoms with Crippen molar-refractivity contribution in [2.45, 2.75) is 24.8 Å². The number of carbonyl (C=O) groups is 1. The van der Waals surface area contributed by atoms with Gasteiger partial charge in [0.15, 0.2) is 0 Å². The Labute approximate surface area is 209 Å². The van der Waals surface area contributed by atoms with Crippen molar-refractivity contribution in [3.8, 4) is 0 Å². The molecule has 0 bridgehead atoms. The lowest BCUT2D eigenvalue weighted by molar-refractivity contribution is 0.0975. The van der Waals surface area contributed by atoms with Crippen LogP contribution in [0.15, 0.2) is 84.9 Å². The fourth-order valence-corrected chi connectivity index (χ4v) is 5.97. The van der Waals surface area contributed by atoms with E-state index in [2.05, 4.69) is 11.0 Å². The van der Waals surface area contributed by atoms with E-state index in [-0.39, 0.29) is 17.1 Å². The van der Waals surface area contributed by atoms with E-state index in [9.17, 15) is 9.18 Å². The molecule has 1 saturated heterocycles. The van der Waals surface area contributed by atoms with Crippen LogP contribution in [0, 0.1) is 5.82 Å². The first-order valence-corrected chi connectivity index (χ1v) is 12.5. The normalized spacial score (nSPS) is 17.1. The van der Waals surface area contributed by atoms with Crippen LogP contribution in [0.2, 0.25) is 5.02 Å². The Hall–Kier alpha value is -3.21. The van der Waals surface area contributed by atoms with Crippen LogP contribution in [0.25, 0.3) is 10.8 Å². The predicted octanol–water partition coefficient (Wildman–Crippen LogP) is 6.83. The maximum absolute atomic E-state index is 14.4. The number of amides is 1. The molecule has 0 radical (unpaired) electrons. The Morgan fingerprint density at radius 2 is 1.69 bits per heavy atom. The zero-order chi connectivity index (χ0) is 24.0. The van der Waals surface area contributed by atoms with E-state index in [1.807, 2.05) is 65.6 Å². The lowest BCUT2D eigenvalue weighted by Gasteiger charge is -2.40. The summed E-state index contributed by atoms with van der Waals surface area (Å²) in [5.74, 6) is -0.272. The summed E-state index contributed by atoms with van der Waals surface area (Å²) in [6.45, 7) is 3.20. The van der Waals surface area contributed by atoms with Crippen molar-refractivity contribution < 1.29 is 9.18 Å². The topological polar surface area (TPSA) is 23.6 Å². The Kier molecular flexibility index (Phi) is 5.58. The number of anilines is 1. The van der Waals surface area contributed by atoms with E-state index in [0.717, 1.165) is 59.5 Å². The minimum atomic E-state index is -0.246. The average molecular weight is 485 g/mol. The predicted molar refractivity (Wildman–Crippen MR) is 140 cm³/mol. The lowest BCUT2D eigenvalue weighted by Crippen LogP contribution is -2.45. The molecule has 4 aromatic carbocycles. The van der Waals surface area contributed by atoms with Gasteiger partial charge in [0.05, 0.1) is 0 Å². The van der Waals surface area contributed by atoms with Gasteiger partial charge in [-0.1, -0.05) is 54.1 Å². The second-order valence-corrected chi connectivity index (χ2v) is 10.2. The van der Waals surface area contributed by atoms with E-state index < -0.39 is 0 Å². The van der Waals surface area contributed by atoms with Crippen molar-refractivity contribution >= 4 is 34.0 Å². The molecule has 1 spiro atoms. The number of likely N-dealkylation sites (tertiary alicyclic amines) is 1. The zero-order valence-electron chi connectivity index (χ0n) is 19.4. The standard InChI is InChI=1S/C30H26ClFN2O/c31-25-7-3-4-21(16-25)19-33-14-12-30(13-15-33)20-34(28-11-10-26(32)18-27(28)30)29(35)24-9-8-22-5-1-2-6-23(22)17-24/h1-11,16-18H,12-15,19-20H2. The molecule has 1 fully saturated rings. The van der Waals surface area contributed by atoms with Gasteiger partial charge in [-0.2, -0.15) is 0 Å². The molecule has 0 aliphatic carbocycles. The fraction of sp³-hybridized carbons (Fsp3) is 0.233. The summed E-state index contributed by atoms with van der Waals surface area (Å²) in [5, 5.41) is 2.90. The molecule has 0 atom stereocenters. The molecular weight excluding hydrogens is 459 g/mol. The first kappa shape index (κ1) is 22.3. The molecule has 1 amide bonds. The van der Waals surface area contributed by atoms with E-state index >= 15 is 0 Å². The van der Waals surface area contributed by atoms with Gasteiger partial charge in [-0.25, -0.2) is 4.39 Å². The molecule has 0 aromatic heterocycles. The van der Waals surface area contributed by atoms with E-state index in [0.29, 0.717) is 12.1 Å². The molecule has 2 aliphatic heterocycles. The fourth-order valence-electron chi connectivity index (χ4n) is 5.76. The van der Waals surface area contributed by atoms with Gasteiger partial charge < -0.3 is 4.90 Å². The quantitative estimate of drug-likeness (QED) is 0.318. The Morgan fingerprint density at radius 3 is 2.49 bits per heavy atom. The van der Waals surface area contributed by atoms with E-state index in [1.54, 1.807) is 12.1 Å². The van der Waals surface area contributed by atoms with E-state index in [4.69, 9.17) is 11.6 Å². The second-order valence-electron chi connectivity index (χ2n) is 9.80. The van der Waals surface area contributed by atoms with Crippen molar-refractivity contribution in [1.82, 2.24) is 4.90 Å². The number of hydrogen-bond donors (Lipinski definition) is 0. The van der Waals surface area contributed by atoms with Gasteiger partial charge in [0, 0.05) is 34.8 Å². The molecule has 4 aromatic rings. The van der Waals surface area contributed by atoms with Crippen molar-refractivity contribution in [3.63, 3.8) is 0 Å². The van der Waals surface area contributed by atoms with Crippen molar-refractivity contribution in [1.29, 1.82) is 0 Å². The molecule has 3 nitrogen and oxygen atoms in total. The largest absolute Gasteiger partial charge is 0.307 e. The van der Waals surface area contributed by atoms with Crippen LogP contribution in [0.4, 0.5) is 10.1 Å². The van der Waals surface area contributed by atoms with Crippen molar-refractivity contribution in [3.05, 3.63) is 112 Å². The van der Waals surface area contributed by atoms with Gasteiger partial charge in [-0.15, -0.1) is 0 Å². The summed E-state index contributed by atoms with van der Waals surface area (Å²) in [7, 11) is 0. The maximum Gasteiger partial charge on any atom is 0.258 e. The van der Waals surface area contributed by atoms with Gasteiger partial charge in [-0.3, -0.25) is 9.69 Å². The van der Waals surface area contributed by atoms with Crippen LogP contribution < -0.4 is 4.90 Å². The number of fused-ring (bicyclic) bond motifs is 3. The summed E-state index contributed by atoms with van der Waals surface area (Å²) in [6.07, 6.45) is 1.76. The van der Waals surface area contributed by atoms with Crippen LogP contribution in [0.5, 0.6) is 0 Å². The van der Waals surface area contributed by atoms with Crippen LogP contribution in [-0.2, 0) is 12.0 Å². The third-order valence-electron chi connectivity index (χ3n) is 7.63. The molecule has 6 rings (SSSR count). The van der Waals surface area contributed by atoms with Gasteiger partial charge in [0.25, 0.3) is 5.91 Å². The first-order valence-electron chi connectivity index (χ1n) is 12.1. The number of nitrogens with zero attached hydrogens (tertiary/aromatic N) is 2. The van der Waals surface area contributed by atoms with Gasteiger partial charge in [-0.05, 0) is 90.3 Å². The Morgan fingerprint density at radius 1 is 0.886 bits per heavy atom. The summed E-state index contributed by atoms with van der Waals surface area (Å²) in [5.41, 5.74) is 3.44. The molecule has 5 heteroatoms. The highest BCUT2D eigenvalue weighted by Gasteiger charge is 2.46. The Bertz CT molecular complexity index is 1430. The first-order chi connectivity index (χ1) is 17.0. The molecule has 0 saturated carbocycles. The van der Waals surface area contributed by atoms with Crippen LogP contribution in [0.3, 0.4) is 0 Å². The summed E-state index contributed by atoms with van der Waals surface area (Å²) < 4.78 is 14.4. The van der Waals surface area contributed by atoms with Gasteiger partial charge >= 0.3 is 0 Å². The average Bonchev–Trinajstić information content (AvgIpc) is 3.18. The van der Waals surface area contributed by atoms with Gasteiger partial charge in [0.1, 0.15) is 5.82 Å². The highest BCUT2D eigenvalue weighted by atomic mass is 35.5. The van der Waals surface area contributed by atoms with Crippen LogP contribution in [0.1, 0.15) is 34.3 Å². The summed E-state index contributed by atoms with van der Waals surface area (Å²) in [6, 6.07) is 26.8. The monoisotopic (exact) mass is 484 g/mol. The Balaban J connectivity index is 1.27. The second kappa shape index (κ2) is 8.78. The lowest BCUT2D eigenvalue weighted by atomic mass is 9.74. The van der Waals surface area contributed by atoms with Gasteiger partial charge in [0.2, 0.25) is 0 Å². The number of rotatable bonds is 3. The van der Waals surface area contributed by atoms with Crippen molar-refractivity contribution in [2.24, 2.45) is 0 Å². The SMILES string of the molecule is O=C(c1ccc2ccccc2c1)N1CC2(CCN(Cc3cccc(Cl)c3)CC2)c2cc(F)ccc21.